The van der Waals surface area contributed by atoms with Gasteiger partial charge in [-0.2, -0.15) is 13.2 Å². The van der Waals surface area contributed by atoms with E-state index in [4.69, 9.17) is 4.74 Å². The van der Waals surface area contributed by atoms with Gasteiger partial charge in [0.1, 0.15) is 0 Å². The number of amides is 1. The predicted octanol–water partition coefficient (Wildman–Crippen LogP) is 2.83. The average Bonchev–Trinajstić information content (AvgIpc) is 3.09. The van der Waals surface area contributed by atoms with Crippen LogP contribution in [0.3, 0.4) is 0 Å². The van der Waals surface area contributed by atoms with Crippen molar-refractivity contribution in [3.05, 3.63) is 47.3 Å². The van der Waals surface area contributed by atoms with Crippen LogP contribution < -0.4 is 5.32 Å². The van der Waals surface area contributed by atoms with Crippen LogP contribution in [0.1, 0.15) is 30.2 Å². The molecular weight excluding hydrogens is 373 g/mol. The predicted molar refractivity (Wildman–Crippen MR) is 95.1 cm³/mol. The molecule has 0 saturated carbocycles. The van der Waals surface area contributed by atoms with E-state index in [-0.39, 0.29) is 17.7 Å². The molecule has 28 heavy (non-hydrogen) atoms. The van der Waals surface area contributed by atoms with Gasteiger partial charge in [0.2, 0.25) is 5.91 Å². The number of benzene rings is 1. The summed E-state index contributed by atoms with van der Waals surface area (Å²) in [5, 5.41) is 10.9. The molecule has 0 saturated heterocycles. The van der Waals surface area contributed by atoms with E-state index in [0.29, 0.717) is 44.7 Å². The maximum Gasteiger partial charge on any atom is 0.416 e. The first kappa shape index (κ1) is 20.3. The molecule has 0 bridgehead atoms. The number of carbonyl (C=O) groups is 1. The molecule has 152 valence electrons. The van der Waals surface area contributed by atoms with Crippen molar-refractivity contribution in [3.8, 4) is 0 Å². The van der Waals surface area contributed by atoms with Crippen LogP contribution in [0.2, 0.25) is 0 Å². The number of carbonyl (C=O) groups excluding carboxylic acids is 1. The molecule has 0 spiro atoms. The SMILES string of the molecule is C[C@@H]1CNC(=O)[C@H](Cc2ccc(C(F)(F)F)cc2)CCn2nncc2COC1. The van der Waals surface area contributed by atoms with Crippen molar-refractivity contribution in [2.45, 2.75) is 39.1 Å². The van der Waals surface area contributed by atoms with Gasteiger partial charge in [-0.25, -0.2) is 4.68 Å². The Morgan fingerprint density at radius 2 is 2.04 bits per heavy atom. The summed E-state index contributed by atoms with van der Waals surface area (Å²) in [6, 6.07) is 4.97. The lowest BCUT2D eigenvalue weighted by Gasteiger charge is -2.21. The standard InChI is InChI=1S/C19H23F3N4O2/c1-13-9-23-18(27)15(6-7-26-17(10-24-25-26)12-28-11-13)8-14-2-4-16(5-3-14)19(20,21)22/h2-5,10,13,15H,6-9,11-12H2,1H3,(H,23,27)/t13-,15+/m1/s1. The molecule has 1 aromatic heterocycles. The fraction of sp³-hybridized carbons (Fsp3) is 0.526. The van der Waals surface area contributed by atoms with Crippen LogP contribution in [0.5, 0.6) is 0 Å². The summed E-state index contributed by atoms with van der Waals surface area (Å²) in [6.07, 6.45) is -1.87. The Labute approximate surface area is 161 Å². The Bertz CT molecular complexity index is 789. The zero-order valence-corrected chi connectivity index (χ0v) is 15.6. The van der Waals surface area contributed by atoms with Crippen LogP contribution in [0.25, 0.3) is 0 Å². The molecule has 2 atom stereocenters. The maximum atomic E-state index is 12.8. The van der Waals surface area contributed by atoms with Crippen LogP contribution in [0.4, 0.5) is 13.2 Å². The Morgan fingerprint density at radius 1 is 1.29 bits per heavy atom. The van der Waals surface area contributed by atoms with E-state index < -0.39 is 11.7 Å². The molecule has 6 nitrogen and oxygen atoms in total. The number of hydrogen-bond donors (Lipinski definition) is 1. The van der Waals surface area contributed by atoms with Crippen LogP contribution in [0.15, 0.2) is 30.5 Å². The van der Waals surface area contributed by atoms with Gasteiger partial charge in [0.05, 0.1) is 30.7 Å². The molecule has 2 aromatic rings. The van der Waals surface area contributed by atoms with Crippen molar-refractivity contribution in [2.75, 3.05) is 13.2 Å². The lowest BCUT2D eigenvalue weighted by molar-refractivity contribution is -0.137. The second kappa shape index (κ2) is 8.72. The lowest BCUT2D eigenvalue weighted by atomic mass is 9.94. The summed E-state index contributed by atoms with van der Waals surface area (Å²) in [6.45, 7) is 3.84. The first-order chi connectivity index (χ1) is 13.3. The largest absolute Gasteiger partial charge is 0.416 e. The molecule has 1 aliphatic heterocycles. The molecule has 1 amide bonds. The molecule has 0 aliphatic carbocycles. The van der Waals surface area contributed by atoms with Gasteiger partial charge in [-0.1, -0.05) is 24.3 Å². The number of fused-ring (bicyclic) bond motifs is 1. The van der Waals surface area contributed by atoms with Crippen molar-refractivity contribution >= 4 is 5.91 Å². The van der Waals surface area contributed by atoms with Gasteiger partial charge < -0.3 is 10.1 Å². The van der Waals surface area contributed by atoms with E-state index in [1.165, 1.54) is 12.1 Å². The number of nitrogens with one attached hydrogen (secondary N) is 1. The fourth-order valence-electron chi connectivity index (χ4n) is 3.14. The second-order valence-electron chi connectivity index (χ2n) is 7.20. The molecule has 1 N–H and O–H groups in total. The van der Waals surface area contributed by atoms with Crippen molar-refractivity contribution in [1.82, 2.24) is 20.3 Å². The van der Waals surface area contributed by atoms with Crippen molar-refractivity contribution in [1.29, 1.82) is 0 Å². The highest BCUT2D eigenvalue weighted by atomic mass is 19.4. The minimum absolute atomic E-state index is 0.117. The maximum absolute atomic E-state index is 12.8. The number of aromatic nitrogens is 3. The number of hydrogen-bond acceptors (Lipinski definition) is 4. The molecule has 0 fully saturated rings. The molecule has 0 radical (unpaired) electrons. The van der Waals surface area contributed by atoms with Gasteiger partial charge in [-0.15, -0.1) is 5.10 Å². The highest BCUT2D eigenvalue weighted by Crippen LogP contribution is 2.29. The van der Waals surface area contributed by atoms with Gasteiger partial charge in [-0.05, 0) is 36.5 Å². The highest BCUT2D eigenvalue weighted by molar-refractivity contribution is 5.78. The van der Waals surface area contributed by atoms with Crippen molar-refractivity contribution < 1.29 is 22.7 Å². The summed E-state index contributed by atoms with van der Waals surface area (Å²) < 4.78 is 45.6. The van der Waals surface area contributed by atoms with Gasteiger partial charge in [0, 0.05) is 19.0 Å². The van der Waals surface area contributed by atoms with Gasteiger partial charge >= 0.3 is 6.18 Å². The molecule has 9 heteroatoms. The topological polar surface area (TPSA) is 69.0 Å². The second-order valence-corrected chi connectivity index (χ2v) is 7.20. The first-order valence-corrected chi connectivity index (χ1v) is 9.22. The van der Waals surface area contributed by atoms with Crippen LogP contribution >= 0.6 is 0 Å². The molecule has 0 unspecified atom stereocenters. The van der Waals surface area contributed by atoms with Crippen molar-refractivity contribution in [2.24, 2.45) is 11.8 Å². The summed E-state index contributed by atoms with van der Waals surface area (Å²) in [5.74, 6) is -0.352. The Morgan fingerprint density at radius 3 is 2.75 bits per heavy atom. The minimum Gasteiger partial charge on any atom is -0.375 e. The number of alkyl halides is 3. The third-order valence-corrected chi connectivity index (χ3v) is 4.80. The molecule has 2 heterocycles. The van der Waals surface area contributed by atoms with E-state index in [9.17, 15) is 18.0 Å². The molecular formula is C19H23F3N4O2. The zero-order chi connectivity index (χ0) is 20.1. The van der Waals surface area contributed by atoms with E-state index in [1.54, 1.807) is 10.9 Å². The molecule has 1 aliphatic rings. The summed E-state index contributed by atoms with van der Waals surface area (Å²) in [7, 11) is 0. The average molecular weight is 396 g/mol. The first-order valence-electron chi connectivity index (χ1n) is 9.22. The Hall–Kier alpha value is -2.42. The van der Waals surface area contributed by atoms with Crippen LogP contribution in [0, 0.1) is 11.8 Å². The number of rotatable bonds is 2. The summed E-state index contributed by atoms with van der Waals surface area (Å²) in [5.41, 5.74) is 0.831. The lowest BCUT2D eigenvalue weighted by Crippen LogP contribution is -2.36. The van der Waals surface area contributed by atoms with Crippen LogP contribution in [-0.4, -0.2) is 34.1 Å². The third kappa shape index (κ3) is 5.31. The van der Waals surface area contributed by atoms with E-state index in [0.717, 1.165) is 17.8 Å². The fourth-order valence-corrected chi connectivity index (χ4v) is 3.14. The number of nitrogens with zero attached hydrogens (tertiary/aromatic N) is 3. The monoisotopic (exact) mass is 396 g/mol. The molecule has 1 aromatic carbocycles. The van der Waals surface area contributed by atoms with E-state index in [2.05, 4.69) is 15.6 Å². The van der Waals surface area contributed by atoms with E-state index in [1.807, 2.05) is 6.92 Å². The number of halogens is 3. The summed E-state index contributed by atoms with van der Waals surface area (Å²) in [4.78, 5) is 12.7. The minimum atomic E-state index is -4.37. The smallest absolute Gasteiger partial charge is 0.375 e. The normalized spacial score (nSPS) is 21.9. The third-order valence-electron chi connectivity index (χ3n) is 4.80. The Kier molecular flexibility index (Phi) is 6.33. The van der Waals surface area contributed by atoms with Gasteiger partial charge in [0.25, 0.3) is 0 Å². The summed E-state index contributed by atoms with van der Waals surface area (Å²) >= 11 is 0. The molecule has 3 rings (SSSR count). The Balaban J connectivity index is 1.75. The van der Waals surface area contributed by atoms with E-state index >= 15 is 0 Å². The van der Waals surface area contributed by atoms with Gasteiger partial charge in [-0.3, -0.25) is 4.79 Å². The number of ether oxygens (including phenoxy) is 1. The van der Waals surface area contributed by atoms with Gasteiger partial charge in [0.15, 0.2) is 0 Å². The quantitative estimate of drug-likeness (QED) is 0.848. The highest BCUT2D eigenvalue weighted by Gasteiger charge is 2.30. The van der Waals surface area contributed by atoms with Crippen molar-refractivity contribution in [3.63, 3.8) is 0 Å². The number of aryl methyl sites for hydroxylation is 1. The van der Waals surface area contributed by atoms with Crippen LogP contribution in [-0.2, 0) is 35.3 Å². The zero-order valence-electron chi connectivity index (χ0n) is 15.6.